The zero-order chi connectivity index (χ0) is 10.3. The van der Waals surface area contributed by atoms with E-state index in [1.54, 1.807) is 0 Å². The maximum absolute atomic E-state index is 10.9. The third kappa shape index (κ3) is 5.07. The Hall–Kier alpha value is -1.24. The summed E-state index contributed by atoms with van der Waals surface area (Å²) in [5.74, 6) is 1.41. The summed E-state index contributed by atoms with van der Waals surface area (Å²) in [6.45, 7) is 0.266. The summed E-state index contributed by atoms with van der Waals surface area (Å²) in [7, 11) is 0.199. The highest BCUT2D eigenvalue weighted by atomic mass is 32.2. The minimum absolute atomic E-state index is 0.199. The molecule has 0 aromatic carbocycles. The largest absolute Gasteiger partial charge is 0.762 e. The molecule has 0 heterocycles. The summed E-state index contributed by atoms with van der Waals surface area (Å²) in [6.07, 6.45) is 4.04. The van der Waals surface area contributed by atoms with Crippen LogP contribution in [0.25, 0.3) is 5.41 Å². The number of carbonyl (C=O) groups excluding carboxylic acids is 1. The van der Waals surface area contributed by atoms with E-state index in [-0.39, 0.29) is 17.5 Å². The molecule has 0 radical (unpaired) electrons. The standard InChI is InChI=1S/C8H10N2O2S/c1-13(2)4-3-12-8(11)7(5-9)6-10/h3-4H2,1-2H3. The number of carbonyl (C=O) groups is 1. The Labute approximate surface area is 80.0 Å². The van der Waals surface area contributed by atoms with Gasteiger partial charge in [0, 0.05) is 0 Å². The number of nitriles is 1. The highest BCUT2D eigenvalue weighted by Gasteiger charge is 2.10. The lowest BCUT2D eigenvalue weighted by atomic mass is 10.3. The number of nitrogens with zero attached hydrogens (tertiary/aromatic N) is 2. The molecule has 0 spiro atoms. The SMILES string of the molecule is C[S+](C)CCOC(=O)C(=C=[N-])C#N. The molecule has 0 atom stereocenters. The van der Waals surface area contributed by atoms with Crippen molar-refractivity contribution in [3.63, 3.8) is 0 Å². The third-order valence-electron chi connectivity index (χ3n) is 1.15. The Morgan fingerprint density at radius 2 is 2.23 bits per heavy atom. The van der Waals surface area contributed by atoms with Crippen LogP contribution in [0.5, 0.6) is 0 Å². The number of rotatable bonds is 4. The van der Waals surface area contributed by atoms with E-state index in [1.807, 2.05) is 12.5 Å². The van der Waals surface area contributed by atoms with Crippen LogP contribution in [0.1, 0.15) is 0 Å². The predicted octanol–water partition coefficient (Wildman–Crippen LogP) is 0.0966. The van der Waals surface area contributed by atoms with Crippen LogP contribution >= 0.6 is 0 Å². The quantitative estimate of drug-likeness (QED) is 0.211. The van der Waals surface area contributed by atoms with Crippen molar-refractivity contribution in [3.05, 3.63) is 11.0 Å². The fraction of sp³-hybridized carbons (Fsp3) is 0.500. The lowest BCUT2D eigenvalue weighted by molar-refractivity contribution is -0.137. The van der Waals surface area contributed by atoms with Crippen LogP contribution in [0.4, 0.5) is 0 Å². The fourth-order valence-corrected chi connectivity index (χ4v) is 0.906. The van der Waals surface area contributed by atoms with Gasteiger partial charge < -0.3 is 10.1 Å². The van der Waals surface area contributed by atoms with Gasteiger partial charge in [0.2, 0.25) is 0 Å². The van der Waals surface area contributed by atoms with Crippen LogP contribution in [0, 0.1) is 11.3 Å². The van der Waals surface area contributed by atoms with Crippen molar-refractivity contribution in [2.24, 2.45) is 0 Å². The van der Waals surface area contributed by atoms with Gasteiger partial charge in [-0.25, -0.2) is 10.7 Å². The molecule has 0 unspecified atom stereocenters. The minimum Gasteiger partial charge on any atom is -0.762 e. The molecular formula is C8H10N2O2S. The van der Waals surface area contributed by atoms with E-state index >= 15 is 0 Å². The van der Waals surface area contributed by atoms with E-state index < -0.39 is 11.5 Å². The lowest BCUT2D eigenvalue weighted by Crippen LogP contribution is -2.14. The van der Waals surface area contributed by atoms with Crippen molar-refractivity contribution in [2.75, 3.05) is 24.9 Å². The molecule has 0 bridgehead atoms. The molecule has 4 nitrogen and oxygen atoms in total. The maximum Gasteiger partial charge on any atom is 0.355 e. The Morgan fingerprint density at radius 3 is 2.62 bits per heavy atom. The highest BCUT2D eigenvalue weighted by Crippen LogP contribution is 1.92. The van der Waals surface area contributed by atoms with Crippen LogP contribution in [-0.4, -0.2) is 36.7 Å². The molecule has 0 rings (SSSR count). The number of ether oxygens (including phenoxy) is 1. The molecule has 0 fully saturated rings. The molecule has 0 aliphatic rings. The predicted molar refractivity (Wildman–Crippen MR) is 52.5 cm³/mol. The fourth-order valence-electron chi connectivity index (χ4n) is 0.489. The van der Waals surface area contributed by atoms with E-state index in [9.17, 15) is 4.79 Å². The van der Waals surface area contributed by atoms with E-state index in [0.29, 0.717) is 0 Å². The third-order valence-corrected chi connectivity index (χ3v) is 2.14. The molecule has 5 heteroatoms. The lowest BCUT2D eigenvalue weighted by Gasteiger charge is -2.00. The molecule has 0 aliphatic heterocycles. The van der Waals surface area contributed by atoms with Gasteiger partial charge in [-0.2, -0.15) is 5.26 Å². The van der Waals surface area contributed by atoms with Gasteiger partial charge in [0.25, 0.3) is 0 Å². The second kappa shape index (κ2) is 6.30. The second-order valence-corrected chi connectivity index (χ2v) is 4.80. The first-order chi connectivity index (χ1) is 6.11. The molecular weight excluding hydrogens is 188 g/mol. The molecule has 0 amide bonds. The van der Waals surface area contributed by atoms with Gasteiger partial charge in [0.1, 0.15) is 18.4 Å². The van der Waals surface area contributed by atoms with Gasteiger partial charge in [0.15, 0.2) is 5.57 Å². The van der Waals surface area contributed by atoms with Crippen LogP contribution < -0.4 is 0 Å². The zero-order valence-corrected chi connectivity index (χ0v) is 8.35. The number of esters is 1. The number of hydrogen-bond donors (Lipinski definition) is 0. The maximum atomic E-state index is 10.9. The Bertz CT molecular complexity index is 274. The Morgan fingerprint density at radius 1 is 1.62 bits per heavy atom. The van der Waals surface area contributed by atoms with Crippen LogP contribution in [0.15, 0.2) is 5.57 Å². The van der Waals surface area contributed by atoms with Crippen molar-refractivity contribution < 1.29 is 9.53 Å². The van der Waals surface area contributed by atoms with Crippen LogP contribution in [0.3, 0.4) is 0 Å². The molecule has 0 saturated heterocycles. The van der Waals surface area contributed by atoms with Crippen LogP contribution in [0.2, 0.25) is 0 Å². The highest BCUT2D eigenvalue weighted by molar-refractivity contribution is 7.95. The molecule has 0 aromatic rings. The summed E-state index contributed by atoms with van der Waals surface area (Å²) in [6, 6.07) is 1.47. The van der Waals surface area contributed by atoms with Gasteiger partial charge in [-0.1, -0.05) is 0 Å². The van der Waals surface area contributed by atoms with Crippen LogP contribution in [-0.2, 0) is 20.4 Å². The monoisotopic (exact) mass is 198 g/mol. The molecule has 0 N–H and O–H groups in total. The van der Waals surface area contributed by atoms with Crippen molar-refractivity contribution in [3.8, 4) is 6.07 Å². The summed E-state index contributed by atoms with van der Waals surface area (Å²) < 4.78 is 4.68. The van der Waals surface area contributed by atoms with Gasteiger partial charge in [0.05, 0.1) is 12.5 Å². The van der Waals surface area contributed by atoms with Crippen molar-refractivity contribution in [1.29, 1.82) is 5.26 Å². The Kier molecular flexibility index (Phi) is 5.69. The molecule has 0 saturated carbocycles. The summed E-state index contributed by atoms with van der Waals surface area (Å²) in [5.41, 5.74) is -0.493. The van der Waals surface area contributed by atoms with E-state index in [1.165, 1.54) is 11.9 Å². The van der Waals surface area contributed by atoms with Crippen molar-refractivity contribution in [2.45, 2.75) is 0 Å². The topological polar surface area (TPSA) is 72.4 Å². The minimum atomic E-state index is -0.824. The number of hydrogen-bond acceptors (Lipinski definition) is 3. The van der Waals surface area contributed by atoms with E-state index in [0.717, 1.165) is 5.75 Å². The summed E-state index contributed by atoms with van der Waals surface area (Å²) in [5, 5.41) is 16.6. The molecule has 70 valence electrons. The van der Waals surface area contributed by atoms with E-state index in [4.69, 9.17) is 10.7 Å². The van der Waals surface area contributed by atoms with Gasteiger partial charge in [-0.15, -0.1) is 0 Å². The second-order valence-electron chi connectivity index (χ2n) is 2.42. The molecule has 0 aliphatic carbocycles. The first-order valence-corrected chi connectivity index (χ1v) is 5.71. The first kappa shape index (κ1) is 11.8. The average molecular weight is 198 g/mol. The molecule has 0 aromatic heterocycles. The normalized spacial score (nSPS) is 8.77. The molecule has 13 heavy (non-hydrogen) atoms. The van der Waals surface area contributed by atoms with Gasteiger partial charge in [-0.3, -0.25) is 0 Å². The Balaban J connectivity index is 3.90. The summed E-state index contributed by atoms with van der Waals surface area (Å²) in [4.78, 5) is 10.9. The first-order valence-electron chi connectivity index (χ1n) is 3.50. The van der Waals surface area contributed by atoms with Gasteiger partial charge in [-0.05, 0) is 10.9 Å². The van der Waals surface area contributed by atoms with Crippen molar-refractivity contribution >= 4 is 22.7 Å². The summed E-state index contributed by atoms with van der Waals surface area (Å²) >= 11 is 0. The zero-order valence-electron chi connectivity index (χ0n) is 7.53. The average Bonchev–Trinajstić information content (AvgIpc) is 2.05. The van der Waals surface area contributed by atoms with Gasteiger partial charge >= 0.3 is 5.97 Å². The van der Waals surface area contributed by atoms with E-state index in [2.05, 4.69) is 4.74 Å². The smallest absolute Gasteiger partial charge is 0.355 e. The van der Waals surface area contributed by atoms with Crippen molar-refractivity contribution in [1.82, 2.24) is 0 Å².